The van der Waals surface area contributed by atoms with E-state index < -0.39 is 0 Å². The van der Waals surface area contributed by atoms with Gasteiger partial charge in [0, 0.05) is 30.7 Å². The first-order chi connectivity index (χ1) is 12.7. The Morgan fingerprint density at radius 2 is 2.12 bits per heavy atom. The van der Waals surface area contributed by atoms with Crippen molar-refractivity contribution in [1.82, 2.24) is 24.9 Å². The first kappa shape index (κ1) is 16.7. The molecule has 1 amide bonds. The van der Waals surface area contributed by atoms with Crippen LogP contribution in [0.5, 0.6) is 0 Å². The lowest BCUT2D eigenvalue weighted by molar-refractivity contribution is 0.0616. The van der Waals surface area contributed by atoms with Gasteiger partial charge in [0.15, 0.2) is 5.69 Å². The Balaban J connectivity index is 1.73. The Bertz CT molecular complexity index is 945. The number of benzene rings is 1. The highest BCUT2D eigenvalue weighted by Crippen LogP contribution is 2.23. The molecule has 0 spiro atoms. The summed E-state index contributed by atoms with van der Waals surface area (Å²) in [5.41, 5.74) is 8.62. The summed E-state index contributed by atoms with van der Waals surface area (Å²) in [7, 11) is 0. The number of rotatable bonds is 3. The van der Waals surface area contributed by atoms with Gasteiger partial charge in [-0.25, -0.2) is 4.68 Å². The fourth-order valence-corrected chi connectivity index (χ4v) is 3.66. The van der Waals surface area contributed by atoms with Crippen LogP contribution in [-0.2, 0) is 0 Å². The quantitative estimate of drug-likeness (QED) is 0.781. The molecule has 26 heavy (non-hydrogen) atoms. The number of carbonyl (C=O) groups is 1. The molecular weight excluding hydrogens is 328 g/mol. The van der Waals surface area contributed by atoms with Gasteiger partial charge in [-0.2, -0.15) is 0 Å². The van der Waals surface area contributed by atoms with Gasteiger partial charge in [-0.15, -0.1) is 5.10 Å². The van der Waals surface area contributed by atoms with Crippen LogP contribution in [0.2, 0.25) is 0 Å². The van der Waals surface area contributed by atoms with Crippen molar-refractivity contribution < 1.29 is 4.79 Å². The van der Waals surface area contributed by atoms with E-state index in [1.54, 1.807) is 10.9 Å². The topological polar surface area (TPSA) is 89.9 Å². The fraction of sp³-hybridized carbons (Fsp3) is 0.368. The number of para-hydroxylation sites is 1. The number of nitrogens with two attached hydrogens (primary N) is 1. The third-order valence-electron chi connectivity index (χ3n) is 5.10. The number of nitrogens with zero attached hydrogens (tertiary/aromatic N) is 5. The van der Waals surface area contributed by atoms with E-state index in [2.05, 4.69) is 15.3 Å². The number of amides is 1. The minimum atomic E-state index is -0.0860. The molecule has 3 aromatic rings. The number of likely N-dealkylation sites (tertiary alicyclic amines) is 1. The van der Waals surface area contributed by atoms with Crippen molar-refractivity contribution in [2.75, 3.05) is 13.1 Å². The second kappa shape index (κ2) is 6.84. The maximum absolute atomic E-state index is 13.0. The molecule has 1 aromatic carbocycles. The average Bonchev–Trinajstić information content (AvgIpc) is 3.08. The summed E-state index contributed by atoms with van der Waals surface area (Å²) in [5.74, 6) is -0.0860. The zero-order valence-corrected chi connectivity index (χ0v) is 14.8. The lowest BCUT2D eigenvalue weighted by Gasteiger charge is -2.34. The first-order valence-electron chi connectivity index (χ1n) is 8.98. The van der Waals surface area contributed by atoms with E-state index in [4.69, 9.17) is 5.73 Å². The molecule has 2 aromatic heterocycles. The van der Waals surface area contributed by atoms with Gasteiger partial charge in [-0.05, 0) is 38.3 Å². The van der Waals surface area contributed by atoms with Crippen molar-refractivity contribution >= 4 is 16.8 Å². The van der Waals surface area contributed by atoms with E-state index in [-0.39, 0.29) is 11.9 Å². The lowest BCUT2D eigenvalue weighted by atomic mass is 10.0. The molecule has 1 unspecified atom stereocenters. The molecule has 1 aliphatic heterocycles. The molecule has 7 heteroatoms. The van der Waals surface area contributed by atoms with Crippen LogP contribution in [0.3, 0.4) is 0 Å². The van der Waals surface area contributed by atoms with Crippen LogP contribution >= 0.6 is 0 Å². The molecule has 4 rings (SSSR count). The summed E-state index contributed by atoms with van der Waals surface area (Å²) >= 11 is 0. The minimum absolute atomic E-state index is 0.0834. The highest BCUT2D eigenvalue weighted by molar-refractivity contribution is 5.94. The monoisotopic (exact) mass is 350 g/mol. The Hall–Kier alpha value is -2.80. The zero-order valence-electron chi connectivity index (χ0n) is 14.8. The Kier molecular flexibility index (Phi) is 4.38. The number of carbonyl (C=O) groups excluding carboxylic acids is 1. The number of fused-ring (bicyclic) bond motifs is 1. The Morgan fingerprint density at radius 3 is 2.96 bits per heavy atom. The van der Waals surface area contributed by atoms with Crippen molar-refractivity contribution in [1.29, 1.82) is 0 Å². The predicted molar refractivity (Wildman–Crippen MR) is 99.1 cm³/mol. The Labute approximate surface area is 151 Å². The van der Waals surface area contributed by atoms with Gasteiger partial charge in [-0.1, -0.05) is 23.4 Å². The van der Waals surface area contributed by atoms with Crippen LogP contribution in [0.15, 0.2) is 36.5 Å². The molecule has 1 aliphatic rings. The highest BCUT2D eigenvalue weighted by Gasteiger charge is 2.30. The fourth-order valence-electron chi connectivity index (χ4n) is 3.66. The van der Waals surface area contributed by atoms with Gasteiger partial charge < -0.3 is 10.6 Å². The smallest absolute Gasteiger partial charge is 0.276 e. The van der Waals surface area contributed by atoms with Gasteiger partial charge in [0.2, 0.25) is 0 Å². The van der Waals surface area contributed by atoms with Crippen LogP contribution in [0.4, 0.5) is 0 Å². The number of pyridine rings is 1. The maximum atomic E-state index is 13.0. The van der Waals surface area contributed by atoms with Gasteiger partial charge >= 0.3 is 0 Å². The molecule has 1 saturated heterocycles. The predicted octanol–water partition coefficient (Wildman–Crippen LogP) is 2.08. The lowest BCUT2D eigenvalue weighted by Crippen LogP contribution is -2.47. The van der Waals surface area contributed by atoms with Gasteiger partial charge in [0.1, 0.15) is 0 Å². The van der Waals surface area contributed by atoms with Crippen LogP contribution < -0.4 is 5.73 Å². The zero-order chi connectivity index (χ0) is 18.1. The molecule has 2 N–H and O–H groups in total. The van der Waals surface area contributed by atoms with Crippen molar-refractivity contribution in [3.63, 3.8) is 0 Å². The molecule has 134 valence electrons. The number of hydrogen-bond acceptors (Lipinski definition) is 5. The van der Waals surface area contributed by atoms with Gasteiger partial charge in [-0.3, -0.25) is 9.78 Å². The standard InChI is InChI=1S/C19H22N6O/c1-13-17(19(26)24-11-3-2-8-15(24)12-20)22-23-25(13)16-9-4-6-14-7-5-10-21-18(14)16/h4-7,9-10,15H,2-3,8,11-12,20H2,1H3. The summed E-state index contributed by atoms with van der Waals surface area (Å²) in [6.07, 6.45) is 4.81. The highest BCUT2D eigenvalue weighted by atomic mass is 16.2. The summed E-state index contributed by atoms with van der Waals surface area (Å²) < 4.78 is 1.70. The largest absolute Gasteiger partial charge is 0.333 e. The number of aromatic nitrogens is 4. The molecule has 0 radical (unpaired) electrons. The molecule has 3 heterocycles. The van der Waals surface area contributed by atoms with E-state index in [1.165, 1.54) is 0 Å². The summed E-state index contributed by atoms with van der Waals surface area (Å²) in [4.78, 5) is 19.4. The molecule has 0 aliphatic carbocycles. The third-order valence-corrected chi connectivity index (χ3v) is 5.10. The van der Waals surface area contributed by atoms with Crippen molar-refractivity contribution in [2.24, 2.45) is 5.73 Å². The summed E-state index contributed by atoms with van der Waals surface area (Å²) in [5, 5.41) is 9.47. The van der Waals surface area contributed by atoms with Crippen LogP contribution in [0.25, 0.3) is 16.6 Å². The molecule has 1 fully saturated rings. The van der Waals surface area contributed by atoms with Gasteiger partial charge in [0.25, 0.3) is 5.91 Å². The van der Waals surface area contributed by atoms with E-state index in [1.807, 2.05) is 42.2 Å². The summed E-state index contributed by atoms with van der Waals surface area (Å²) in [6.45, 7) is 3.07. The van der Waals surface area contributed by atoms with Crippen LogP contribution in [-0.4, -0.2) is 49.9 Å². The molecule has 0 bridgehead atoms. The minimum Gasteiger partial charge on any atom is -0.333 e. The molecule has 1 atom stereocenters. The van der Waals surface area contributed by atoms with Crippen LogP contribution in [0, 0.1) is 6.92 Å². The molecular formula is C19H22N6O. The SMILES string of the molecule is Cc1c(C(=O)N2CCCCC2CN)nnn1-c1cccc2cccnc12. The van der Waals surface area contributed by atoms with E-state index in [0.29, 0.717) is 12.2 Å². The molecule has 7 nitrogen and oxygen atoms in total. The summed E-state index contributed by atoms with van der Waals surface area (Å²) in [6, 6.07) is 9.89. The maximum Gasteiger partial charge on any atom is 0.276 e. The van der Waals surface area contributed by atoms with Crippen molar-refractivity contribution in [3.8, 4) is 5.69 Å². The molecule has 0 saturated carbocycles. The number of piperidine rings is 1. The normalized spacial score (nSPS) is 17.6. The van der Waals surface area contributed by atoms with E-state index in [0.717, 1.165) is 48.1 Å². The van der Waals surface area contributed by atoms with Gasteiger partial charge in [0.05, 0.1) is 16.9 Å². The first-order valence-corrected chi connectivity index (χ1v) is 8.98. The van der Waals surface area contributed by atoms with Crippen LogP contribution in [0.1, 0.15) is 35.4 Å². The second-order valence-electron chi connectivity index (χ2n) is 6.67. The van der Waals surface area contributed by atoms with Crippen molar-refractivity contribution in [2.45, 2.75) is 32.2 Å². The Morgan fingerprint density at radius 1 is 1.27 bits per heavy atom. The van der Waals surface area contributed by atoms with Crippen molar-refractivity contribution in [3.05, 3.63) is 47.9 Å². The van der Waals surface area contributed by atoms with E-state index in [9.17, 15) is 4.79 Å². The number of hydrogen-bond donors (Lipinski definition) is 1. The van der Waals surface area contributed by atoms with E-state index >= 15 is 0 Å². The third kappa shape index (κ3) is 2.74. The second-order valence-corrected chi connectivity index (χ2v) is 6.67. The average molecular weight is 350 g/mol.